The number of aromatic hydroxyl groups is 1. The fraction of sp³-hybridized carbons (Fsp3) is 0.0588. The van der Waals surface area contributed by atoms with Gasteiger partial charge in [-0.25, -0.2) is 4.99 Å². The molecule has 4 nitrogen and oxygen atoms in total. The number of hydrogen-bond acceptors (Lipinski definition) is 4. The Morgan fingerprint density at radius 1 is 1.14 bits per heavy atom. The Labute approximate surface area is 132 Å². The van der Waals surface area contributed by atoms with Crippen LogP contribution in [0.15, 0.2) is 58.4 Å². The highest BCUT2D eigenvalue weighted by molar-refractivity contribution is 8.18. The van der Waals surface area contributed by atoms with E-state index < -0.39 is 0 Å². The van der Waals surface area contributed by atoms with Gasteiger partial charge in [0.2, 0.25) is 0 Å². The highest BCUT2D eigenvalue weighted by atomic mass is 32.2. The zero-order valence-corrected chi connectivity index (χ0v) is 12.7. The van der Waals surface area contributed by atoms with Crippen LogP contribution in [0.25, 0.3) is 6.08 Å². The van der Waals surface area contributed by atoms with Crippen LogP contribution in [0.3, 0.4) is 0 Å². The Bertz CT molecular complexity index is 780. The summed E-state index contributed by atoms with van der Waals surface area (Å²) < 4.78 is 0. The van der Waals surface area contributed by atoms with Gasteiger partial charge in [0.15, 0.2) is 5.17 Å². The highest BCUT2D eigenvalue weighted by Crippen LogP contribution is 2.31. The Morgan fingerprint density at radius 2 is 1.86 bits per heavy atom. The fourth-order valence-electron chi connectivity index (χ4n) is 1.96. The number of aliphatic imine (C=N–C) groups is 1. The third-order valence-corrected chi connectivity index (χ3v) is 4.04. The number of rotatable bonds is 2. The molecule has 1 amide bonds. The van der Waals surface area contributed by atoms with Crippen LogP contribution in [0, 0.1) is 6.92 Å². The lowest BCUT2D eigenvalue weighted by molar-refractivity contribution is -0.115. The zero-order valence-electron chi connectivity index (χ0n) is 11.9. The van der Waals surface area contributed by atoms with Crippen molar-refractivity contribution in [2.75, 3.05) is 0 Å². The Morgan fingerprint density at radius 3 is 2.59 bits per heavy atom. The number of hydrogen-bond donors (Lipinski definition) is 2. The molecular weight excluding hydrogens is 296 g/mol. The quantitative estimate of drug-likeness (QED) is 0.833. The summed E-state index contributed by atoms with van der Waals surface area (Å²) in [4.78, 5) is 16.8. The van der Waals surface area contributed by atoms with Crippen molar-refractivity contribution in [3.05, 3.63) is 64.6 Å². The summed E-state index contributed by atoms with van der Waals surface area (Å²) in [6.45, 7) is 2.02. The first-order valence-electron chi connectivity index (χ1n) is 6.76. The van der Waals surface area contributed by atoms with Crippen LogP contribution in [-0.4, -0.2) is 16.2 Å². The van der Waals surface area contributed by atoms with Crippen LogP contribution < -0.4 is 5.32 Å². The molecule has 0 atom stereocenters. The maximum Gasteiger partial charge on any atom is 0.264 e. The second kappa shape index (κ2) is 6.07. The summed E-state index contributed by atoms with van der Waals surface area (Å²) in [5, 5.41) is 12.9. The van der Waals surface area contributed by atoms with E-state index in [0.29, 0.717) is 15.8 Å². The van der Waals surface area contributed by atoms with E-state index >= 15 is 0 Å². The summed E-state index contributed by atoms with van der Waals surface area (Å²) in [6, 6.07) is 14.7. The van der Waals surface area contributed by atoms with Crippen LogP contribution in [0.2, 0.25) is 0 Å². The van der Waals surface area contributed by atoms with Gasteiger partial charge >= 0.3 is 0 Å². The summed E-state index contributed by atoms with van der Waals surface area (Å²) in [7, 11) is 0. The molecule has 0 unspecified atom stereocenters. The van der Waals surface area contributed by atoms with Crippen molar-refractivity contribution in [3.8, 4) is 5.75 Å². The maximum absolute atomic E-state index is 12.0. The minimum absolute atomic E-state index is 0.0841. The number of phenols is 1. The molecule has 0 aromatic heterocycles. The average Bonchev–Trinajstić information content (AvgIpc) is 2.84. The van der Waals surface area contributed by atoms with Crippen LogP contribution in [-0.2, 0) is 4.79 Å². The molecule has 1 fully saturated rings. The molecule has 22 heavy (non-hydrogen) atoms. The molecule has 5 heteroatoms. The number of carbonyl (C=O) groups is 1. The average molecular weight is 310 g/mol. The minimum Gasteiger partial charge on any atom is -0.506 e. The number of aryl methyl sites for hydroxylation is 1. The molecule has 1 aliphatic rings. The van der Waals surface area contributed by atoms with Crippen molar-refractivity contribution in [2.24, 2.45) is 4.99 Å². The summed E-state index contributed by atoms with van der Waals surface area (Å²) in [6.07, 6.45) is 1.83. The molecule has 2 N–H and O–H groups in total. The van der Waals surface area contributed by atoms with Gasteiger partial charge in [0.05, 0.1) is 4.91 Å². The molecule has 0 aliphatic carbocycles. The van der Waals surface area contributed by atoms with Crippen LogP contribution in [0.4, 0.5) is 5.69 Å². The van der Waals surface area contributed by atoms with Crippen molar-refractivity contribution >= 4 is 34.6 Å². The van der Waals surface area contributed by atoms with E-state index in [0.717, 1.165) is 5.56 Å². The molecule has 1 saturated heterocycles. The van der Waals surface area contributed by atoms with E-state index in [1.807, 2.05) is 37.3 Å². The zero-order chi connectivity index (χ0) is 15.5. The molecule has 0 spiro atoms. The third-order valence-electron chi connectivity index (χ3n) is 3.13. The molecule has 3 rings (SSSR count). The lowest BCUT2D eigenvalue weighted by atomic mass is 10.1. The first kappa shape index (κ1) is 14.4. The number of benzene rings is 2. The SMILES string of the molecule is Cc1ccc(C=C2SC(=Nc3ccccc3O)NC2=O)cc1. The molecule has 2 aromatic carbocycles. The van der Waals surface area contributed by atoms with E-state index in [1.54, 1.807) is 24.3 Å². The first-order chi connectivity index (χ1) is 10.6. The smallest absolute Gasteiger partial charge is 0.264 e. The number of nitrogens with one attached hydrogen (secondary N) is 1. The van der Waals surface area contributed by atoms with Crippen molar-refractivity contribution in [1.82, 2.24) is 5.32 Å². The molecule has 110 valence electrons. The molecule has 0 radical (unpaired) electrons. The Balaban J connectivity index is 1.84. The third kappa shape index (κ3) is 3.20. The number of phenolic OH excluding ortho intramolecular Hbond substituents is 1. The van der Waals surface area contributed by atoms with Gasteiger partial charge in [-0.15, -0.1) is 0 Å². The van der Waals surface area contributed by atoms with Gasteiger partial charge in [0.25, 0.3) is 5.91 Å². The van der Waals surface area contributed by atoms with Gasteiger partial charge in [-0.2, -0.15) is 0 Å². The molecule has 0 saturated carbocycles. The van der Waals surface area contributed by atoms with E-state index in [4.69, 9.17) is 0 Å². The molecular formula is C17H14N2O2S. The lowest BCUT2D eigenvalue weighted by Gasteiger charge is -1.98. The Kier molecular flexibility index (Phi) is 3.98. The first-order valence-corrected chi connectivity index (χ1v) is 7.58. The topological polar surface area (TPSA) is 61.7 Å². The predicted molar refractivity (Wildman–Crippen MR) is 90.1 cm³/mol. The van der Waals surface area contributed by atoms with Crippen LogP contribution in [0.1, 0.15) is 11.1 Å². The van der Waals surface area contributed by atoms with Crippen molar-refractivity contribution in [2.45, 2.75) is 6.92 Å². The van der Waals surface area contributed by atoms with E-state index in [1.165, 1.54) is 17.3 Å². The summed E-state index contributed by atoms with van der Waals surface area (Å²) >= 11 is 1.26. The van der Waals surface area contributed by atoms with Gasteiger partial charge in [-0.1, -0.05) is 42.0 Å². The number of amidine groups is 1. The van der Waals surface area contributed by atoms with Gasteiger partial charge in [0, 0.05) is 0 Å². The van der Waals surface area contributed by atoms with Gasteiger partial charge in [-0.05, 0) is 42.5 Å². The number of para-hydroxylation sites is 2. The monoisotopic (exact) mass is 310 g/mol. The predicted octanol–water partition coefficient (Wildman–Crippen LogP) is 3.59. The molecule has 1 heterocycles. The molecule has 1 aliphatic heterocycles. The Hall–Kier alpha value is -2.53. The summed E-state index contributed by atoms with van der Waals surface area (Å²) in [5.41, 5.74) is 2.57. The largest absolute Gasteiger partial charge is 0.506 e. The van der Waals surface area contributed by atoms with Gasteiger partial charge in [-0.3, -0.25) is 4.79 Å². The number of thioether (sulfide) groups is 1. The van der Waals surface area contributed by atoms with E-state index in [9.17, 15) is 9.90 Å². The van der Waals surface area contributed by atoms with Gasteiger partial charge in [0.1, 0.15) is 11.4 Å². The normalized spacial score (nSPS) is 18.0. The standard InChI is InChI=1S/C17H14N2O2S/c1-11-6-8-12(9-7-11)10-15-16(21)19-17(22-15)18-13-4-2-3-5-14(13)20/h2-10,20H,1H3,(H,18,19,21). The fourth-order valence-corrected chi connectivity index (χ4v) is 2.80. The lowest BCUT2D eigenvalue weighted by Crippen LogP contribution is -2.19. The highest BCUT2D eigenvalue weighted by Gasteiger charge is 2.23. The van der Waals surface area contributed by atoms with E-state index in [2.05, 4.69) is 10.3 Å². The number of nitrogens with zero attached hydrogens (tertiary/aromatic N) is 1. The molecule has 2 aromatic rings. The second-order valence-electron chi connectivity index (χ2n) is 4.88. The van der Waals surface area contributed by atoms with Crippen LogP contribution in [0.5, 0.6) is 5.75 Å². The summed E-state index contributed by atoms with van der Waals surface area (Å²) in [5.74, 6) is -0.0967. The second-order valence-corrected chi connectivity index (χ2v) is 5.91. The van der Waals surface area contributed by atoms with Crippen LogP contribution >= 0.6 is 11.8 Å². The minimum atomic E-state index is -0.181. The van der Waals surface area contributed by atoms with Gasteiger partial charge < -0.3 is 10.4 Å². The van der Waals surface area contributed by atoms with Crippen molar-refractivity contribution in [1.29, 1.82) is 0 Å². The van der Waals surface area contributed by atoms with Crippen molar-refractivity contribution < 1.29 is 9.90 Å². The number of carbonyl (C=O) groups excluding carboxylic acids is 1. The van der Waals surface area contributed by atoms with E-state index in [-0.39, 0.29) is 11.7 Å². The van der Waals surface area contributed by atoms with Crippen molar-refractivity contribution in [3.63, 3.8) is 0 Å². The maximum atomic E-state index is 12.0. The number of amides is 1. The molecule has 0 bridgehead atoms.